The van der Waals surface area contributed by atoms with E-state index in [0.717, 1.165) is 30.9 Å². The molecule has 3 rings (SSSR count). The fourth-order valence-corrected chi connectivity index (χ4v) is 2.44. The fourth-order valence-electron chi connectivity index (χ4n) is 2.44. The predicted octanol–water partition coefficient (Wildman–Crippen LogP) is 3.70. The van der Waals surface area contributed by atoms with Gasteiger partial charge in [-0.3, -0.25) is 0 Å². The molecule has 0 atom stereocenters. The minimum atomic E-state index is 0.822. The average Bonchev–Trinajstić information content (AvgIpc) is 3.17. The van der Waals surface area contributed by atoms with Crippen molar-refractivity contribution in [1.82, 2.24) is 14.1 Å². The summed E-state index contributed by atoms with van der Waals surface area (Å²) in [5.41, 5.74) is 3.52. The van der Waals surface area contributed by atoms with Crippen LogP contribution in [0.25, 0.3) is 5.69 Å². The minimum absolute atomic E-state index is 0.822. The first-order valence-electron chi connectivity index (χ1n) is 7.32. The van der Waals surface area contributed by atoms with E-state index in [2.05, 4.69) is 52.4 Å². The quantitative estimate of drug-likeness (QED) is 0.747. The van der Waals surface area contributed by atoms with Gasteiger partial charge in [-0.1, -0.05) is 19.1 Å². The molecule has 21 heavy (non-hydrogen) atoms. The van der Waals surface area contributed by atoms with Crippen LogP contribution in [0.2, 0.25) is 0 Å². The van der Waals surface area contributed by atoms with Crippen LogP contribution in [0.3, 0.4) is 0 Å². The molecule has 0 fully saturated rings. The van der Waals surface area contributed by atoms with Crippen molar-refractivity contribution in [3.63, 3.8) is 0 Å². The van der Waals surface area contributed by atoms with Crippen LogP contribution in [-0.4, -0.2) is 14.1 Å². The van der Waals surface area contributed by atoms with Crippen LogP contribution in [0.1, 0.15) is 18.9 Å². The first-order chi connectivity index (χ1) is 10.4. The van der Waals surface area contributed by atoms with E-state index >= 15 is 0 Å². The van der Waals surface area contributed by atoms with E-state index in [0.29, 0.717) is 0 Å². The molecule has 4 nitrogen and oxygen atoms in total. The van der Waals surface area contributed by atoms with E-state index in [1.807, 2.05) is 29.2 Å². The van der Waals surface area contributed by atoms with Crippen molar-refractivity contribution in [3.8, 4) is 5.69 Å². The molecule has 1 N–H and O–H groups in total. The van der Waals surface area contributed by atoms with Gasteiger partial charge in [-0.25, -0.2) is 4.98 Å². The predicted molar refractivity (Wildman–Crippen MR) is 85.6 cm³/mol. The molecule has 4 heteroatoms. The van der Waals surface area contributed by atoms with Crippen LogP contribution in [0.15, 0.2) is 61.4 Å². The first-order valence-corrected chi connectivity index (χ1v) is 7.32. The van der Waals surface area contributed by atoms with Crippen molar-refractivity contribution in [3.05, 3.63) is 67.0 Å². The first kappa shape index (κ1) is 13.5. The minimum Gasteiger partial charge on any atom is -0.379 e. The lowest BCUT2D eigenvalue weighted by Gasteiger charge is -2.11. The Morgan fingerprint density at radius 2 is 2.05 bits per heavy atom. The molecule has 0 saturated carbocycles. The molecule has 3 aromatic rings. The van der Waals surface area contributed by atoms with Gasteiger partial charge in [0.05, 0.1) is 17.7 Å². The molecule has 0 unspecified atom stereocenters. The molecule has 1 aromatic carbocycles. The van der Waals surface area contributed by atoms with Crippen molar-refractivity contribution in [1.29, 1.82) is 0 Å². The van der Waals surface area contributed by atoms with Gasteiger partial charge in [0, 0.05) is 37.9 Å². The van der Waals surface area contributed by atoms with E-state index in [1.165, 1.54) is 5.56 Å². The number of imidazole rings is 1. The Morgan fingerprint density at radius 1 is 1.14 bits per heavy atom. The van der Waals surface area contributed by atoms with Crippen LogP contribution in [0.4, 0.5) is 5.69 Å². The summed E-state index contributed by atoms with van der Waals surface area (Å²) < 4.78 is 4.25. The maximum Gasteiger partial charge on any atom is 0.0992 e. The number of anilines is 1. The van der Waals surface area contributed by atoms with Crippen molar-refractivity contribution in [2.24, 2.45) is 0 Å². The SMILES string of the molecule is CCCn1ccc(CNc2ccccc2-n2ccnc2)c1. The largest absolute Gasteiger partial charge is 0.379 e. The lowest BCUT2D eigenvalue weighted by Crippen LogP contribution is -2.03. The monoisotopic (exact) mass is 280 g/mol. The number of nitrogens with zero attached hydrogens (tertiary/aromatic N) is 3. The molecule has 0 amide bonds. The molecule has 2 aromatic heterocycles. The number of hydrogen-bond donors (Lipinski definition) is 1. The van der Waals surface area contributed by atoms with Crippen molar-refractivity contribution in [2.75, 3.05) is 5.32 Å². The van der Waals surface area contributed by atoms with Gasteiger partial charge in [0.15, 0.2) is 0 Å². The lowest BCUT2D eigenvalue weighted by atomic mass is 10.2. The van der Waals surface area contributed by atoms with Crippen LogP contribution < -0.4 is 5.32 Å². The Hall–Kier alpha value is -2.49. The zero-order chi connectivity index (χ0) is 14.5. The lowest BCUT2D eigenvalue weighted by molar-refractivity contribution is 0.681. The highest BCUT2D eigenvalue weighted by atomic mass is 15.1. The number of aromatic nitrogens is 3. The van der Waals surface area contributed by atoms with Crippen molar-refractivity contribution >= 4 is 5.69 Å². The summed E-state index contributed by atoms with van der Waals surface area (Å²) in [6, 6.07) is 10.4. The van der Waals surface area contributed by atoms with E-state index in [9.17, 15) is 0 Å². The summed E-state index contributed by atoms with van der Waals surface area (Å²) in [4.78, 5) is 4.11. The normalized spacial score (nSPS) is 10.7. The second kappa shape index (κ2) is 6.31. The average molecular weight is 280 g/mol. The van der Waals surface area contributed by atoms with Crippen LogP contribution >= 0.6 is 0 Å². The topological polar surface area (TPSA) is 34.8 Å². The van der Waals surface area contributed by atoms with Gasteiger partial charge in [0.25, 0.3) is 0 Å². The van der Waals surface area contributed by atoms with Crippen molar-refractivity contribution in [2.45, 2.75) is 26.4 Å². The third-order valence-corrected chi connectivity index (χ3v) is 3.46. The zero-order valence-corrected chi connectivity index (χ0v) is 12.2. The number of para-hydroxylation sites is 2. The van der Waals surface area contributed by atoms with Crippen LogP contribution in [-0.2, 0) is 13.1 Å². The van der Waals surface area contributed by atoms with Gasteiger partial charge in [0.1, 0.15) is 0 Å². The van der Waals surface area contributed by atoms with Gasteiger partial charge in [-0.2, -0.15) is 0 Å². The second-order valence-corrected chi connectivity index (χ2v) is 5.10. The highest BCUT2D eigenvalue weighted by Gasteiger charge is 2.03. The van der Waals surface area contributed by atoms with Crippen LogP contribution in [0.5, 0.6) is 0 Å². The molecule has 2 heterocycles. The van der Waals surface area contributed by atoms with Gasteiger partial charge in [-0.05, 0) is 30.2 Å². The molecule has 0 radical (unpaired) electrons. The molecule has 0 aliphatic heterocycles. The third kappa shape index (κ3) is 3.16. The van der Waals surface area contributed by atoms with E-state index in [-0.39, 0.29) is 0 Å². The molecule has 0 aliphatic rings. The van der Waals surface area contributed by atoms with Crippen molar-refractivity contribution < 1.29 is 0 Å². The number of aryl methyl sites for hydroxylation is 1. The second-order valence-electron chi connectivity index (χ2n) is 5.10. The Labute approximate surface area is 125 Å². The van der Waals surface area contributed by atoms with E-state index in [1.54, 1.807) is 6.20 Å². The fraction of sp³-hybridized carbons (Fsp3) is 0.235. The van der Waals surface area contributed by atoms with E-state index < -0.39 is 0 Å². The van der Waals surface area contributed by atoms with Gasteiger partial charge in [0.2, 0.25) is 0 Å². The summed E-state index contributed by atoms with van der Waals surface area (Å²) in [5.74, 6) is 0. The Balaban J connectivity index is 1.73. The molecule has 0 bridgehead atoms. The Kier molecular flexibility index (Phi) is 4.05. The van der Waals surface area contributed by atoms with Gasteiger partial charge < -0.3 is 14.5 Å². The smallest absolute Gasteiger partial charge is 0.0992 e. The molecule has 108 valence electrons. The highest BCUT2D eigenvalue weighted by molar-refractivity contribution is 5.61. The maximum absolute atomic E-state index is 4.11. The number of benzene rings is 1. The summed E-state index contributed by atoms with van der Waals surface area (Å²) >= 11 is 0. The number of hydrogen-bond acceptors (Lipinski definition) is 2. The highest BCUT2D eigenvalue weighted by Crippen LogP contribution is 2.20. The molecular weight excluding hydrogens is 260 g/mol. The zero-order valence-electron chi connectivity index (χ0n) is 12.2. The van der Waals surface area contributed by atoms with Gasteiger partial charge >= 0.3 is 0 Å². The molecular formula is C17H20N4. The number of nitrogens with one attached hydrogen (secondary N) is 1. The Morgan fingerprint density at radius 3 is 2.86 bits per heavy atom. The molecule has 0 spiro atoms. The van der Waals surface area contributed by atoms with E-state index in [4.69, 9.17) is 0 Å². The number of rotatable bonds is 6. The summed E-state index contributed by atoms with van der Waals surface area (Å²) in [6.45, 7) is 4.09. The standard InChI is InChI=1S/C17H20N4/c1-2-9-20-10-7-15(13-20)12-19-16-5-3-4-6-17(16)21-11-8-18-14-21/h3-8,10-11,13-14,19H,2,9,12H2,1H3. The van der Waals surface area contributed by atoms with Gasteiger partial charge in [-0.15, -0.1) is 0 Å². The van der Waals surface area contributed by atoms with Crippen LogP contribution in [0, 0.1) is 0 Å². The summed E-state index contributed by atoms with van der Waals surface area (Å²) in [6.07, 6.45) is 11.1. The molecule has 0 aliphatic carbocycles. The summed E-state index contributed by atoms with van der Waals surface area (Å²) in [7, 11) is 0. The maximum atomic E-state index is 4.11. The Bertz CT molecular complexity index is 682. The molecule has 0 saturated heterocycles. The third-order valence-electron chi connectivity index (χ3n) is 3.46. The summed E-state index contributed by atoms with van der Waals surface area (Å²) in [5, 5.41) is 3.51.